The van der Waals surface area contributed by atoms with Crippen molar-refractivity contribution in [1.29, 1.82) is 0 Å². The number of thiocarbonyl (C=S) groups is 2. The van der Waals surface area contributed by atoms with Crippen molar-refractivity contribution in [1.82, 2.24) is 16.2 Å². The highest BCUT2D eigenvalue weighted by Crippen LogP contribution is 2.34. The first-order valence-electron chi connectivity index (χ1n) is 9.98. The van der Waals surface area contributed by atoms with Crippen LogP contribution in [0.25, 0.3) is 0 Å². The Morgan fingerprint density at radius 1 is 1.00 bits per heavy atom. The van der Waals surface area contributed by atoms with Crippen LogP contribution >= 0.6 is 35.8 Å². The van der Waals surface area contributed by atoms with Crippen molar-refractivity contribution < 1.29 is 19.1 Å². The summed E-state index contributed by atoms with van der Waals surface area (Å²) in [4.78, 5) is 25.0. The van der Waals surface area contributed by atoms with Crippen LogP contribution in [0.2, 0.25) is 0 Å². The third-order valence-corrected chi connectivity index (χ3v) is 6.16. The number of rotatable bonds is 6. The SMILES string of the molecule is CCOC(=O)c1sc(NC(=S)NNC(=S)NC2CCCCC2)c(C(=O)OCC)c1C. The Bertz CT molecular complexity index is 791. The van der Waals surface area contributed by atoms with Gasteiger partial charge in [0.25, 0.3) is 0 Å². The summed E-state index contributed by atoms with van der Waals surface area (Å²) in [5.74, 6) is -1.02. The third kappa shape index (κ3) is 6.78. The Balaban J connectivity index is 2.03. The maximum absolute atomic E-state index is 12.4. The van der Waals surface area contributed by atoms with Gasteiger partial charge in [-0.05, 0) is 63.6 Å². The normalized spacial score (nSPS) is 13.8. The smallest absolute Gasteiger partial charge is 0.348 e. The van der Waals surface area contributed by atoms with Crippen molar-refractivity contribution in [2.24, 2.45) is 0 Å². The van der Waals surface area contributed by atoms with E-state index in [1.807, 2.05) is 0 Å². The Morgan fingerprint density at radius 2 is 1.60 bits per heavy atom. The van der Waals surface area contributed by atoms with Crippen molar-refractivity contribution in [3.8, 4) is 0 Å². The molecular formula is C19H28N4O4S3. The van der Waals surface area contributed by atoms with Crippen LogP contribution in [-0.2, 0) is 9.47 Å². The van der Waals surface area contributed by atoms with Crippen LogP contribution in [0.5, 0.6) is 0 Å². The third-order valence-electron chi connectivity index (χ3n) is 4.54. The first kappa shape index (κ1) is 24.3. The average molecular weight is 473 g/mol. The van der Waals surface area contributed by atoms with Crippen molar-refractivity contribution in [2.75, 3.05) is 18.5 Å². The Labute approximate surface area is 191 Å². The summed E-state index contributed by atoms with van der Waals surface area (Å²) in [6.07, 6.45) is 5.86. The molecule has 30 heavy (non-hydrogen) atoms. The molecule has 11 heteroatoms. The van der Waals surface area contributed by atoms with Gasteiger partial charge in [0.15, 0.2) is 10.2 Å². The lowest BCUT2D eigenvalue weighted by Gasteiger charge is -2.24. The fraction of sp³-hybridized carbons (Fsp3) is 0.579. The van der Waals surface area contributed by atoms with Crippen LogP contribution in [0, 0.1) is 6.92 Å². The molecule has 1 aliphatic rings. The van der Waals surface area contributed by atoms with Crippen LogP contribution in [0.15, 0.2) is 0 Å². The molecule has 0 bridgehead atoms. The summed E-state index contributed by atoms with van der Waals surface area (Å²) >= 11 is 11.7. The standard InChI is InChI=1S/C19H28N4O4S3/c1-4-26-16(24)13-11(3)14(17(25)27-5-2)30-15(13)21-19(29)23-22-18(28)20-12-9-7-6-8-10-12/h12H,4-10H2,1-3H3,(H2,20,22,28)(H2,21,23,29). The molecule has 1 heterocycles. The zero-order valence-electron chi connectivity index (χ0n) is 17.4. The van der Waals surface area contributed by atoms with Gasteiger partial charge in [0.1, 0.15) is 9.88 Å². The van der Waals surface area contributed by atoms with E-state index in [4.69, 9.17) is 33.9 Å². The summed E-state index contributed by atoms with van der Waals surface area (Å²) in [5.41, 5.74) is 6.41. The van der Waals surface area contributed by atoms with E-state index < -0.39 is 11.9 Å². The van der Waals surface area contributed by atoms with Crippen LogP contribution < -0.4 is 21.5 Å². The minimum atomic E-state index is -0.533. The van der Waals surface area contributed by atoms with E-state index in [2.05, 4.69) is 21.5 Å². The van der Waals surface area contributed by atoms with Crippen LogP contribution in [-0.4, -0.2) is 41.4 Å². The molecule has 1 fully saturated rings. The van der Waals surface area contributed by atoms with E-state index in [-0.39, 0.29) is 23.9 Å². The van der Waals surface area contributed by atoms with Crippen LogP contribution in [0.3, 0.4) is 0 Å². The predicted molar refractivity (Wildman–Crippen MR) is 126 cm³/mol. The Kier molecular flexibility index (Phi) is 9.73. The lowest BCUT2D eigenvalue weighted by molar-refractivity contribution is 0.0527. The number of hydrogen-bond donors (Lipinski definition) is 4. The Morgan fingerprint density at radius 3 is 2.23 bits per heavy atom. The van der Waals surface area contributed by atoms with Gasteiger partial charge in [0.2, 0.25) is 0 Å². The number of carbonyl (C=O) groups is 2. The molecule has 1 aromatic heterocycles. The summed E-state index contributed by atoms with van der Waals surface area (Å²) in [5, 5.41) is 7.26. The number of hydrogen-bond acceptors (Lipinski definition) is 7. The van der Waals surface area contributed by atoms with Gasteiger partial charge in [-0.15, -0.1) is 11.3 Å². The van der Waals surface area contributed by atoms with Gasteiger partial charge < -0.3 is 20.1 Å². The largest absolute Gasteiger partial charge is 0.462 e. The predicted octanol–water partition coefficient (Wildman–Crippen LogP) is 3.41. The first-order chi connectivity index (χ1) is 14.4. The molecule has 2 rings (SSSR count). The maximum atomic E-state index is 12.4. The molecule has 1 saturated carbocycles. The molecular weight excluding hydrogens is 444 g/mol. The van der Waals surface area contributed by atoms with E-state index in [0.717, 1.165) is 24.2 Å². The van der Waals surface area contributed by atoms with E-state index in [1.165, 1.54) is 19.3 Å². The molecule has 0 radical (unpaired) electrons. The van der Waals surface area contributed by atoms with Crippen LogP contribution in [0.4, 0.5) is 5.00 Å². The number of carbonyl (C=O) groups excluding carboxylic acids is 2. The van der Waals surface area contributed by atoms with E-state index in [9.17, 15) is 9.59 Å². The zero-order chi connectivity index (χ0) is 22.1. The van der Waals surface area contributed by atoms with Crippen molar-refractivity contribution in [2.45, 2.75) is 58.9 Å². The molecule has 1 aliphatic carbocycles. The summed E-state index contributed by atoms with van der Waals surface area (Å²) in [6, 6.07) is 0.365. The van der Waals surface area contributed by atoms with Gasteiger partial charge in [-0.25, -0.2) is 9.59 Å². The minimum Gasteiger partial charge on any atom is -0.462 e. The second-order valence-electron chi connectivity index (χ2n) is 6.71. The number of ether oxygens (including phenoxy) is 2. The molecule has 0 atom stereocenters. The fourth-order valence-corrected chi connectivity index (χ4v) is 4.69. The van der Waals surface area contributed by atoms with Crippen molar-refractivity contribution in [3.63, 3.8) is 0 Å². The highest BCUT2D eigenvalue weighted by Gasteiger charge is 2.27. The first-order valence-corrected chi connectivity index (χ1v) is 11.6. The molecule has 0 amide bonds. The van der Waals surface area contributed by atoms with Crippen molar-refractivity contribution >= 4 is 62.9 Å². The zero-order valence-corrected chi connectivity index (χ0v) is 19.8. The maximum Gasteiger partial charge on any atom is 0.348 e. The number of anilines is 1. The molecule has 0 spiro atoms. The molecule has 0 aliphatic heterocycles. The van der Waals surface area contributed by atoms with Crippen molar-refractivity contribution in [3.05, 3.63) is 16.0 Å². The molecule has 0 aromatic carbocycles. The van der Waals surface area contributed by atoms with Crippen LogP contribution in [0.1, 0.15) is 71.5 Å². The van der Waals surface area contributed by atoms with E-state index in [1.54, 1.807) is 20.8 Å². The van der Waals surface area contributed by atoms with E-state index >= 15 is 0 Å². The van der Waals surface area contributed by atoms with E-state index in [0.29, 0.717) is 26.6 Å². The summed E-state index contributed by atoms with van der Waals surface area (Å²) < 4.78 is 10.2. The topological polar surface area (TPSA) is 101 Å². The molecule has 8 nitrogen and oxygen atoms in total. The van der Waals surface area contributed by atoms with Gasteiger partial charge >= 0.3 is 11.9 Å². The number of thiophene rings is 1. The number of nitrogens with one attached hydrogen (secondary N) is 4. The number of esters is 2. The minimum absolute atomic E-state index is 0.199. The molecule has 166 valence electrons. The van der Waals surface area contributed by atoms with Gasteiger partial charge in [0, 0.05) is 6.04 Å². The van der Waals surface area contributed by atoms with Gasteiger partial charge in [0.05, 0.1) is 18.8 Å². The molecule has 4 N–H and O–H groups in total. The highest BCUT2D eigenvalue weighted by atomic mass is 32.1. The molecule has 1 aromatic rings. The second kappa shape index (κ2) is 12.0. The summed E-state index contributed by atoms with van der Waals surface area (Å²) in [6.45, 7) is 5.57. The van der Waals surface area contributed by atoms with Gasteiger partial charge in [-0.3, -0.25) is 10.9 Å². The van der Waals surface area contributed by atoms with Gasteiger partial charge in [-0.1, -0.05) is 19.3 Å². The Hall–Kier alpha value is -1.98. The summed E-state index contributed by atoms with van der Waals surface area (Å²) in [7, 11) is 0. The lowest BCUT2D eigenvalue weighted by Crippen LogP contribution is -2.51. The van der Waals surface area contributed by atoms with Gasteiger partial charge in [-0.2, -0.15) is 0 Å². The average Bonchev–Trinajstić information content (AvgIpc) is 3.03. The lowest BCUT2D eigenvalue weighted by atomic mass is 9.96. The monoisotopic (exact) mass is 472 g/mol. The molecule has 0 saturated heterocycles. The second-order valence-corrected chi connectivity index (χ2v) is 8.55. The molecule has 0 unspecified atom stereocenters. The number of hydrazine groups is 1. The fourth-order valence-electron chi connectivity index (χ4n) is 3.16. The quantitative estimate of drug-likeness (QED) is 0.280. The highest BCUT2D eigenvalue weighted by molar-refractivity contribution is 7.80.